The maximum absolute atomic E-state index is 11.2. The highest BCUT2D eigenvalue weighted by molar-refractivity contribution is 6.58. The SMILES string of the molecule is NC(=O)c1ccc2ncn(Cc3ccc(B(O)O)cc3)c2n1. The van der Waals surface area contributed by atoms with Crippen LogP contribution in [0.5, 0.6) is 0 Å². The number of hydrogen-bond acceptors (Lipinski definition) is 5. The van der Waals surface area contributed by atoms with E-state index in [2.05, 4.69) is 9.97 Å². The number of pyridine rings is 1. The number of carbonyl (C=O) groups is 1. The van der Waals surface area contributed by atoms with Gasteiger partial charge in [-0.15, -0.1) is 0 Å². The summed E-state index contributed by atoms with van der Waals surface area (Å²) in [5.41, 5.74) is 8.04. The normalized spacial score (nSPS) is 10.8. The average molecular weight is 296 g/mol. The van der Waals surface area contributed by atoms with Gasteiger partial charge in [0.25, 0.3) is 5.91 Å². The maximum Gasteiger partial charge on any atom is 0.488 e. The molecular formula is C14H13BN4O3. The first-order valence-electron chi connectivity index (χ1n) is 6.61. The fraction of sp³-hybridized carbons (Fsp3) is 0.0714. The Balaban J connectivity index is 1.93. The van der Waals surface area contributed by atoms with Crippen LogP contribution in [0.1, 0.15) is 16.1 Å². The van der Waals surface area contributed by atoms with E-state index in [1.807, 2.05) is 0 Å². The van der Waals surface area contributed by atoms with Crippen LogP contribution in [0.25, 0.3) is 11.2 Å². The van der Waals surface area contributed by atoms with Gasteiger partial charge < -0.3 is 20.3 Å². The summed E-state index contributed by atoms with van der Waals surface area (Å²) in [4.78, 5) is 19.7. The Hall–Kier alpha value is -2.71. The second kappa shape index (κ2) is 5.59. The molecule has 1 aromatic carbocycles. The number of primary amides is 1. The van der Waals surface area contributed by atoms with Gasteiger partial charge in [-0.3, -0.25) is 4.79 Å². The van der Waals surface area contributed by atoms with Crippen molar-refractivity contribution in [3.63, 3.8) is 0 Å². The van der Waals surface area contributed by atoms with Crippen molar-refractivity contribution >= 4 is 29.7 Å². The van der Waals surface area contributed by atoms with Crippen LogP contribution in [0.15, 0.2) is 42.7 Å². The van der Waals surface area contributed by atoms with E-state index in [1.54, 1.807) is 47.3 Å². The minimum absolute atomic E-state index is 0.188. The van der Waals surface area contributed by atoms with E-state index < -0.39 is 13.0 Å². The molecule has 8 heteroatoms. The quantitative estimate of drug-likeness (QED) is 0.549. The lowest BCUT2D eigenvalue weighted by molar-refractivity contribution is 0.0996. The summed E-state index contributed by atoms with van der Waals surface area (Å²) >= 11 is 0. The molecule has 0 spiro atoms. The highest BCUT2D eigenvalue weighted by Gasteiger charge is 2.11. The van der Waals surface area contributed by atoms with Gasteiger partial charge in [0, 0.05) is 0 Å². The van der Waals surface area contributed by atoms with Gasteiger partial charge in [-0.05, 0) is 23.2 Å². The summed E-state index contributed by atoms with van der Waals surface area (Å²) in [7, 11) is -1.48. The van der Waals surface area contributed by atoms with Crippen LogP contribution in [-0.2, 0) is 6.54 Å². The predicted octanol–water partition coefficient (Wildman–Crippen LogP) is -0.742. The molecule has 0 saturated carbocycles. The van der Waals surface area contributed by atoms with Crippen molar-refractivity contribution in [3.05, 3.63) is 54.0 Å². The average Bonchev–Trinajstić information content (AvgIpc) is 2.90. The Kier molecular flexibility index (Phi) is 3.62. The zero-order valence-corrected chi connectivity index (χ0v) is 11.5. The lowest BCUT2D eigenvalue weighted by Crippen LogP contribution is -2.29. The van der Waals surface area contributed by atoms with Crippen molar-refractivity contribution in [2.45, 2.75) is 6.54 Å². The minimum Gasteiger partial charge on any atom is -0.423 e. The van der Waals surface area contributed by atoms with E-state index in [0.29, 0.717) is 23.2 Å². The van der Waals surface area contributed by atoms with Crippen LogP contribution in [0.3, 0.4) is 0 Å². The van der Waals surface area contributed by atoms with Crippen LogP contribution in [-0.4, -0.2) is 37.6 Å². The minimum atomic E-state index is -1.48. The lowest BCUT2D eigenvalue weighted by Gasteiger charge is -2.06. The Bertz CT molecular complexity index is 830. The van der Waals surface area contributed by atoms with Gasteiger partial charge in [0.05, 0.1) is 12.9 Å². The summed E-state index contributed by atoms with van der Waals surface area (Å²) in [6.07, 6.45) is 1.64. The number of rotatable bonds is 4. The molecule has 22 heavy (non-hydrogen) atoms. The molecule has 110 valence electrons. The smallest absolute Gasteiger partial charge is 0.423 e. The Morgan fingerprint density at radius 3 is 2.55 bits per heavy atom. The molecule has 3 aromatic rings. The standard InChI is InChI=1S/C14H13BN4O3/c16-13(20)11-5-6-12-14(18-11)19(8-17-12)7-9-1-3-10(4-2-9)15(21)22/h1-6,8,21-22H,7H2,(H2,16,20). The van der Waals surface area contributed by atoms with Crippen molar-refractivity contribution in [2.24, 2.45) is 5.73 Å². The molecule has 1 amide bonds. The zero-order valence-electron chi connectivity index (χ0n) is 11.5. The van der Waals surface area contributed by atoms with Crippen molar-refractivity contribution in [1.82, 2.24) is 14.5 Å². The van der Waals surface area contributed by atoms with E-state index in [4.69, 9.17) is 15.8 Å². The highest BCUT2D eigenvalue weighted by atomic mass is 16.4. The van der Waals surface area contributed by atoms with Crippen LogP contribution >= 0.6 is 0 Å². The largest absolute Gasteiger partial charge is 0.488 e. The van der Waals surface area contributed by atoms with Gasteiger partial charge in [-0.25, -0.2) is 9.97 Å². The zero-order chi connectivity index (χ0) is 15.7. The first-order valence-corrected chi connectivity index (χ1v) is 6.61. The number of amides is 1. The summed E-state index contributed by atoms with van der Waals surface area (Å²) in [5, 5.41) is 18.2. The molecule has 0 atom stereocenters. The van der Waals surface area contributed by atoms with Crippen LogP contribution in [0.2, 0.25) is 0 Å². The Morgan fingerprint density at radius 2 is 1.91 bits per heavy atom. The number of nitrogens with zero attached hydrogens (tertiary/aromatic N) is 3. The number of nitrogens with two attached hydrogens (primary N) is 1. The van der Waals surface area contributed by atoms with Gasteiger partial charge in [-0.2, -0.15) is 0 Å². The van der Waals surface area contributed by atoms with Gasteiger partial charge in [0.2, 0.25) is 0 Å². The molecule has 3 rings (SSSR count). The van der Waals surface area contributed by atoms with Gasteiger partial charge >= 0.3 is 7.12 Å². The first kappa shape index (κ1) is 14.2. The molecule has 0 radical (unpaired) electrons. The maximum atomic E-state index is 11.2. The van der Waals surface area contributed by atoms with Crippen molar-refractivity contribution in [3.8, 4) is 0 Å². The number of carbonyl (C=O) groups excluding carboxylic acids is 1. The first-order chi connectivity index (χ1) is 10.5. The molecule has 0 aliphatic heterocycles. The van der Waals surface area contributed by atoms with E-state index in [-0.39, 0.29) is 5.69 Å². The van der Waals surface area contributed by atoms with Crippen LogP contribution < -0.4 is 11.2 Å². The molecule has 0 fully saturated rings. The monoisotopic (exact) mass is 296 g/mol. The highest BCUT2D eigenvalue weighted by Crippen LogP contribution is 2.13. The van der Waals surface area contributed by atoms with Gasteiger partial charge in [-0.1, -0.05) is 24.3 Å². The Labute approximate surface area is 126 Å². The second-order valence-electron chi connectivity index (χ2n) is 4.89. The fourth-order valence-corrected chi connectivity index (χ4v) is 2.18. The van der Waals surface area contributed by atoms with Crippen LogP contribution in [0.4, 0.5) is 0 Å². The summed E-state index contributed by atoms with van der Waals surface area (Å²) in [6, 6.07) is 10.1. The fourth-order valence-electron chi connectivity index (χ4n) is 2.18. The summed E-state index contributed by atoms with van der Waals surface area (Å²) in [6.45, 7) is 0.494. The van der Waals surface area contributed by atoms with Crippen LogP contribution in [0, 0.1) is 0 Å². The number of fused-ring (bicyclic) bond motifs is 1. The second-order valence-corrected chi connectivity index (χ2v) is 4.89. The van der Waals surface area contributed by atoms with E-state index >= 15 is 0 Å². The number of imidazole rings is 1. The molecule has 4 N–H and O–H groups in total. The third-order valence-corrected chi connectivity index (χ3v) is 3.35. The molecule has 0 saturated heterocycles. The molecular weight excluding hydrogens is 283 g/mol. The number of aromatic nitrogens is 3. The predicted molar refractivity (Wildman–Crippen MR) is 81.4 cm³/mol. The molecule has 0 aliphatic carbocycles. The summed E-state index contributed by atoms with van der Waals surface area (Å²) < 4.78 is 1.80. The van der Waals surface area contributed by atoms with E-state index in [9.17, 15) is 4.79 Å². The van der Waals surface area contributed by atoms with Gasteiger partial charge in [0.1, 0.15) is 11.2 Å². The molecule has 2 aromatic heterocycles. The Morgan fingerprint density at radius 1 is 1.18 bits per heavy atom. The van der Waals surface area contributed by atoms with E-state index in [0.717, 1.165) is 5.56 Å². The number of benzene rings is 1. The van der Waals surface area contributed by atoms with Crippen molar-refractivity contribution in [2.75, 3.05) is 0 Å². The van der Waals surface area contributed by atoms with Crippen molar-refractivity contribution < 1.29 is 14.8 Å². The number of hydrogen-bond donors (Lipinski definition) is 3. The molecule has 0 bridgehead atoms. The third-order valence-electron chi connectivity index (χ3n) is 3.35. The van der Waals surface area contributed by atoms with Gasteiger partial charge in [0.15, 0.2) is 5.65 Å². The molecule has 0 aliphatic rings. The molecule has 2 heterocycles. The van der Waals surface area contributed by atoms with Crippen molar-refractivity contribution in [1.29, 1.82) is 0 Å². The third kappa shape index (κ3) is 2.69. The van der Waals surface area contributed by atoms with E-state index in [1.165, 1.54) is 0 Å². The molecule has 0 unspecified atom stereocenters. The topological polar surface area (TPSA) is 114 Å². The molecule has 7 nitrogen and oxygen atoms in total. The lowest BCUT2D eigenvalue weighted by atomic mass is 9.80. The summed E-state index contributed by atoms with van der Waals surface area (Å²) in [5.74, 6) is -0.587.